The molecule has 0 spiro atoms. The molecule has 1 amide bonds. The molecule has 2 aromatic carbocycles. The second kappa shape index (κ2) is 18.8. The van der Waals surface area contributed by atoms with Crippen LogP contribution in [0.25, 0.3) is 0 Å². The van der Waals surface area contributed by atoms with Crippen LogP contribution in [0.2, 0.25) is 0 Å². The van der Waals surface area contributed by atoms with Gasteiger partial charge in [0.15, 0.2) is 7.14 Å². The molecule has 1 heterocycles. The van der Waals surface area contributed by atoms with Crippen LogP contribution in [0.5, 0.6) is 0 Å². The summed E-state index contributed by atoms with van der Waals surface area (Å²) in [5.74, 6) is -0.193. The van der Waals surface area contributed by atoms with Crippen molar-refractivity contribution in [1.29, 1.82) is 0 Å². The van der Waals surface area contributed by atoms with Crippen molar-refractivity contribution in [2.45, 2.75) is 103 Å². The van der Waals surface area contributed by atoms with Crippen LogP contribution in [-0.4, -0.2) is 23.2 Å². The van der Waals surface area contributed by atoms with E-state index < -0.39 is 15.0 Å². The van der Waals surface area contributed by atoms with Crippen molar-refractivity contribution >= 4 is 31.5 Å². The third kappa shape index (κ3) is 20.4. The number of carbonyl (C=O) groups is 1. The normalized spacial score (nSPS) is 14.2. The minimum Gasteiger partial charge on any atom is -0.356 e. The number of benzene rings is 2. The first kappa shape index (κ1) is 38.8. The summed E-state index contributed by atoms with van der Waals surface area (Å²) in [4.78, 5) is 12.8. The maximum Gasteiger partial charge on any atom is 0.243 e. The van der Waals surface area contributed by atoms with Crippen molar-refractivity contribution in [3.05, 3.63) is 79.4 Å². The monoisotopic (exact) mass is 710 g/mol. The van der Waals surface area contributed by atoms with Crippen LogP contribution in [0.4, 0.5) is 25.2 Å². The number of unbranched alkanes of at least 4 members (excludes halogenated alkanes) is 10. The van der Waals surface area contributed by atoms with Crippen LogP contribution < -0.4 is 20.5 Å². The van der Waals surface area contributed by atoms with Gasteiger partial charge in [0.1, 0.15) is 12.4 Å². The largest absolute Gasteiger partial charge is 0.356 e. The third-order valence-electron chi connectivity index (χ3n) is 7.49. The Morgan fingerprint density at radius 3 is 1.68 bits per heavy atom. The molecule has 266 valence electrons. The van der Waals surface area contributed by atoms with Gasteiger partial charge < -0.3 is 9.88 Å². The molecule has 1 N–H and O–H groups in total. The van der Waals surface area contributed by atoms with Gasteiger partial charge in [-0.1, -0.05) is 132 Å². The molecule has 1 aromatic heterocycles. The van der Waals surface area contributed by atoms with Crippen molar-refractivity contribution in [2.24, 2.45) is 0 Å². The van der Waals surface area contributed by atoms with Gasteiger partial charge in [-0.2, -0.15) is 0 Å². The molecule has 0 radical (unpaired) electrons. The molecule has 0 bridgehead atoms. The van der Waals surface area contributed by atoms with E-state index in [1.165, 1.54) is 64.2 Å². The van der Waals surface area contributed by atoms with E-state index in [9.17, 15) is 34.5 Å². The number of hydrogen-bond acceptors (Lipinski definition) is 2. The van der Waals surface area contributed by atoms with E-state index in [1.54, 1.807) is 0 Å². The second-order valence-electron chi connectivity index (χ2n) is 11.8. The van der Waals surface area contributed by atoms with Gasteiger partial charge in [0.05, 0.1) is 20.6 Å². The number of halogens is 6. The molecule has 0 saturated carbocycles. The van der Waals surface area contributed by atoms with Gasteiger partial charge in [-0.3, -0.25) is 4.79 Å². The number of nitrogens with zero attached hydrogens (tertiary/aromatic N) is 2. The zero-order valence-electron chi connectivity index (χ0n) is 28.3. The minimum absolute atomic E-state index is 0.0376. The van der Waals surface area contributed by atoms with E-state index in [2.05, 4.69) is 16.8 Å². The number of rotatable bonds is 21. The first-order chi connectivity index (χ1) is 22.5. The summed E-state index contributed by atoms with van der Waals surface area (Å²) in [6, 6.07) is 18.6. The molecule has 1 unspecified atom stereocenters. The molecule has 0 saturated heterocycles. The Bertz CT molecular complexity index is 1340. The van der Waals surface area contributed by atoms with Gasteiger partial charge in [-0.15, -0.1) is 0 Å². The van der Waals surface area contributed by atoms with Crippen LogP contribution in [0, 0.1) is 0 Å². The molecular formula is C34H51F6N3O2P2. The van der Waals surface area contributed by atoms with Crippen LogP contribution in [-0.2, 0) is 22.4 Å². The maximum atomic E-state index is 14.1. The maximum absolute atomic E-state index is 14.1. The van der Waals surface area contributed by atoms with Gasteiger partial charge in [-0.25, -0.2) is 9.13 Å². The van der Waals surface area contributed by atoms with Crippen LogP contribution in [0.1, 0.15) is 91.8 Å². The third-order valence-corrected chi connectivity index (χ3v) is 10.5. The minimum atomic E-state index is -10.7. The van der Waals surface area contributed by atoms with Gasteiger partial charge >= 0.3 is 33.0 Å². The fourth-order valence-corrected chi connectivity index (χ4v) is 7.60. The Kier molecular flexibility index (Phi) is 15.5. The molecule has 0 aliphatic heterocycles. The molecule has 0 aliphatic carbocycles. The summed E-state index contributed by atoms with van der Waals surface area (Å²) in [5, 5.41) is 4.38. The predicted octanol–water partition coefficient (Wildman–Crippen LogP) is 10.4. The topological polar surface area (TPSA) is 55.0 Å². The fourth-order valence-electron chi connectivity index (χ4n) is 5.12. The first-order valence-corrected chi connectivity index (χ1v) is 20.4. The van der Waals surface area contributed by atoms with Crippen molar-refractivity contribution in [3.8, 4) is 0 Å². The Morgan fingerprint density at radius 2 is 1.21 bits per heavy atom. The Balaban J connectivity index is 0.00000103. The first-order valence-electron chi connectivity index (χ1n) is 17.1. The number of hydrogen-bond donors (Lipinski definition) is 1. The van der Waals surface area contributed by atoms with Crippen molar-refractivity contribution in [2.75, 3.05) is 12.7 Å². The van der Waals surface area contributed by atoms with E-state index in [0.717, 1.165) is 25.8 Å². The number of aromatic nitrogens is 2. The SMILES string of the molecule is F[P-](F)(F)(F)(F)F.[2H]C(CCCCCCCCCCCCC)[n+]1ccn(CCCNC(=O)CP(=O)(c2ccccc2)c2ccccc2)c1. The van der Waals surface area contributed by atoms with Gasteiger partial charge in [0.2, 0.25) is 12.2 Å². The van der Waals surface area contributed by atoms with Crippen LogP contribution in [0.3, 0.4) is 0 Å². The summed E-state index contributed by atoms with van der Waals surface area (Å²) in [6.45, 7) is 3.29. The fraction of sp³-hybridized carbons (Fsp3) is 0.529. The molecule has 3 rings (SSSR count). The number of amides is 1. The van der Waals surface area contributed by atoms with Crippen molar-refractivity contribution < 1.29 is 40.5 Å². The Labute approximate surface area is 277 Å². The number of nitrogens with one attached hydrogen (secondary N) is 1. The molecule has 13 heteroatoms. The number of aryl methyl sites for hydroxylation is 2. The molecule has 1 atom stereocenters. The van der Waals surface area contributed by atoms with E-state index in [0.29, 0.717) is 17.2 Å². The van der Waals surface area contributed by atoms with Crippen molar-refractivity contribution in [1.82, 2.24) is 9.88 Å². The molecule has 47 heavy (non-hydrogen) atoms. The Hall–Kier alpha value is -2.64. The van der Waals surface area contributed by atoms with E-state index in [-0.39, 0.29) is 18.6 Å². The predicted molar refractivity (Wildman–Crippen MR) is 182 cm³/mol. The summed E-state index contributed by atoms with van der Waals surface area (Å²) in [5.41, 5.74) is 0. The van der Waals surface area contributed by atoms with E-state index in [1.807, 2.05) is 84.0 Å². The molecule has 5 nitrogen and oxygen atoms in total. The molecule has 0 aliphatic rings. The summed E-state index contributed by atoms with van der Waals surface area (Å²) < 4.78 is 85.8. The average molecular weight is 711 g/mol. The average Bonchev–Trinajstić information content (AvgIpc) is 3.50. The molecule has 0 fully saturated rings. The van der Waals surface area contributed by atoms with Crippen LogP contribution in [0.15, 0.2) is 79.4 Å². The standard InChI is InChI=1S/C34H50N3O2P.F6P/c1-2-3-4-5-6-7-8-9-10-11-12-19-26-36-28-29-37(31-36)27-20-25-35-34(38)30-40(39,32-21-15-13-16-22-32)33-23-17-14-18-24-33;1-7(2,3,4,5)6/h13-18,21-24,28-29,31H,2-12,19-20,25-27,30H2,1H3;/q;-1/p+1/i26D;. The molecule has 3 aromatic rings. The zero-order valence-corrected chi connectivity index (χ0v) is 29.1. The van der Waals surface area contributed by atoms with Gasteiger partial charge in [0, 0.05) is 23.6 Å². The summed E-state index contributed by atoms with van der Waals surface area (Å²) in [7, 11) is -13.7. The van der Waals surface area contributed by atoms with E-state index in [4.69, 9.17) is 1.37 Å². The number of imidazole rings is 1. The quantitative estimate of drug-likeness (QED) is 0.0518. The second-order valence-corrected chi connectivity index (χ2v) is 16.6. The van der Waals surface area contributed by atoms with Gasteiger partial charge in [-0.05, 0) is 12.8 Å². The molecular weight excluding hydrogens is 658 g/mol. The summed E-state index contributed by atoms with van der Waals surface area (Å²) >= 11 is 0. The van der Waals surface area contributed by atoms with Crippen LogP contribution >= 0.6 is 15.0 Å². The number of carbonyl (C=O) groups excluding carboxylic acids is 1. The van der Waals surface area contributed by atoms with Crippen molar-refractivity contribution in [3.63, 3.8) is 0 Å². The summed E-state index contributed by atoms with van der Waals surface area (Å²) in [6.07, 6.45) is 22.1. The zero-order chi connectivity index (χ0) is 35.6. The smallest absolute Gasteiger partial charge is 0.243 e. The Morgan fingerprint density at radius 1 is 0.766 bits per heavy atom. The van der Waals surface area contributed by atoms with E-state index >= 15 is 0 Å². The van der Waals surface area contributed by atoms with Gasteiger partial charge in [0.25, 0.3) is 0 Å².